The van der Waals surface area contributed by atoms with Crippen LogP contribution in [0.5, 0.6) is 11.5 Å². The van der Waals surface area contributed by atoms with Crippen LogP contribution in [0.1, 0.15) is 121 Å². The maximum Gasteiger partial charge on any atom is 1.00 e. The molecule has 0 spiro atoms. The first-order chi connectivity index (χ1) is 55.1. The van der Waals surface area contributed by atoms with Crippen molar-refractivity contribution < 1.29 is 186 Å². The molecule has 12 aromatic rings. The molecule has 0 aliphatic heterocycles. The van der Waals surface area contributed by atoms with Crippen LogP contribution in [0.15, 0.2) is 183 Å². The molecule has 124 heavy (non-hydrogen) atoms. The quantitative estimate of drug-likeness (QED) is 0.0147. The van der Waals surface area contributed by atoms with Gasteiger partial charge < -0.3 is 52.0 Å². The molecule has 6 heterocycles. The second kappa shape index (κ2) is 41.0. The number of aromatic nitrogens is 12. The van der Waals surface area contributed by atoms with Gasteiger partial charge in [0.15, 0.2) is 34.7 Å². The van der Waals surface area contributed by atoms with E-state index in [1.807, 2.05) is 53.7 Å². The first-order valence-corrected chi connectivity index (χ1v) is 42.8. The summed E-state index contributed by atoms with van der Waals surface area (Å²) in [4.78, 5) is 29.0. The van der Waals surface area contributed by atoms with E-state index in [4.69, 9.17) is 9.47 Å². The number of anilines is 2. The molecule has 0 fully saturated rings. The Morgan fingerprint density at radius 1 is 0.516 bits per heavy atom. The molecule has 0 saturated carbocycles. The van der Waals surface area contributed by atoms with Crippen molar-refractivity contribution in [2.24, 2.45) is 20.5 Å². The average molecular weight is 1850 g/mol. The van der Waals surface area contributed by atoms with Crippen LogP contribution in [0.4, 0.5) is 34.4 Å². The SMILES string of the molecule is Cc1nn(-c2cc(S(=O)(=O)O)ccc2S(=O)(=O)O)c(N=Nc2c(C(C)(C)C)[nH]n3nc(CCCOc4ccc(NS(=O)(=O)c5cccc(C(=O)O)c5)cc4)nc23)c1C#N.Cc1nn(-c2cc(S(=O)(=O)[O-])ccc2S(=O)(=O)[O-])c(N=Nc2c(C(C)(C)C)[nH]n3nc(CCCOc4ccc(NC(=O)c5ccccc5S(=O)(=O)[O-])cc4)nc23)c1C#N.N.N.N.[Na+].[Na+].[Na+]. The fourth-order valence-electron chi connectivity index (χ4n) is 11.4. The zero-order chi connectivity index (χ0) is 86.2. The topological polar surface area (TPSA) is 741 Å². The minimum absolute atomic E-state index is 0. The van der Waals surface area contributed by atoms with Gasteiger partial charge in [0.1, 0.15) is 70.0 Å². The number of carbonyl (C=O) groups is 2. The summed E-state index contributed by atoms with van der Waals surface area (Å²) in [5.41, 5.74) is -0.629. The smallest absolute Gasteiger partial charge is 0.744 e. The third kappa shape index (κ3) is 24.4. The molecule has 1 amide bonds. The number of fused-ring (bicyclic) bond motifs is 2. The molecule has 16 N–H and O–H groups in total. The number of rotatable bonds is 27. The Balaban J connectivity index is 0.000000420. The zero-order valence-corrected chi connectivity index (χ0v) is 78.7. The fraction of sp³-hybridized carbons (Fsp3) is 0.229. The largest absolute Gasteiger partial charge is 1.00 e. The summed E-state index contributed by atoms with van der Waals surface area (Å²) < 4.78 is 219. The summed E-state index contributed by atoms with van der Waals surface area (Å²) in [6.45, 7) is 14.5. The third-order valence-electron chi connectivity index (χ3n) is 17.0. The molecule has 54 heteroatoms. The molecule has 0 bridgehead atoms. The van der Waals surface area contributed by atoms with Gasteiger partial charge >= 0.3 is 94.6 Å². The molecular weight excluding hydrogens is 1780 g/mol. The Kier molecular flexibility index (Phi) is 34.5. The third-order valence-corrected chi connectivity index (χ3v) is 22.7. The predicted octanol–water partition coefficient (Wildman–Crippen LogP) is 0.750. The zero-order valence-electron chi connectivity index (χ0n) is 67.8. The van der Waals surface area contributed by atoms with Gasteiger partial charge in [-0.1, -0.05) is 59.7 Å². The summed E-state index contributed by atoms with van der Waals surface area (Å²) in [5, 5.41) is 72.5. The Hall–Kier alpha value is -10.0. The molecule has 6 aromatic carbocycles. The van der Waals surface area contributed by atoms with Crippen molar-refractivity contribution in [1.29, 1.82) is 10.5 Å². The Bertz CT molecular complexity index is 6910. The molecule has 640 valence electrons. The molecule has 0 radical (unpaired) electrons. The maximum absolute atomic E-state index is 12.8. The van der Waals surface area contributed by atoms with Crippen LogP contribution in [0, 0.1) is 36.5 Å². The Morgan fingerprint density at radius 2 is 0.952 bits per heavy atom. The molecule has 6 aromatic heterocycles. The number of nitrogens with one attached hydrogen (secondary N) is 4. The number of aryl methyl sites for hydroxylation is 4. The van der Waals surface area contributed by atoms with Crippen molar-refractivity contribution in [2.75, 3.05) is 23.3 Å². The minimum Gasteiger partial charge on any atom is -0.744 e. The van der Waals surface area contributed by atoms with Crippen molar-refractivity contribution >= 4 is 118 Å². The number of amides is 1. The number of H-pyrrole nitrogens is 2. The molecule has 0 saturated heterocycles. The number of sulfonamides is 1. The molecule has 0 atom stereocenters. The monoisotopic (exact) mass is 1850 g/mol. The van der Waals surface area contributed by atoms with Crippen molar-refractivity contribution in [3.8, 4) is 35.0 Å². The van der Waals surface area contributed by atoms with Crippen LogP contribution in [-0.2, 0) is 84.3 Å². The molecular formula is C70H74N23Na3O22S6. The fourth-order valence-corrected chi connectivity index (χ4v) is 15.5. The van der Waals surface area contributed by atoms with E-state index < -0.39 is 119 Å². The van der Waals surface area contributed by atoms with E-state index in [2.05, 4.69) is 71.1 Å². The maximum atomic E-state index is 12.8. The van der Waals surface area contributed by atoms with Crippen molar-refractivity contribution in [2.45, 2.75) is 121 Å². The van der Waals surface area contributed by atoms with Crippen LogP contribution in [0.2, 0.25) is 0 Å². The van der Waals surface area contributed by atoms with E-state index in [9.17, 15) is 98.5 Å². The van der Waals surface area contributed by atoms with Gasteiger partial charge in [-0.15, -0.1) is 30.7 Å². The van der Waals surface area contributed by atoms with Gasteiger partial charge in [0.25, 0.3) is 36.2 Å². The van der Waals surface area contributed by atoms with Gasteiger partial charge in [0, 0.05) is 35.0 Å². The number of nitriles is 2. The summed E-state index contributed by atoms with van der Waals surface area (Å²) in [6, 6.07) is 30.5. The number of carboxylic acids is 1. The summed E-state index contributed by atoms with van der Waals surface area (Å²) in [7, 11) is -29.2. The van der Waals surface area contributed by atoms with E-state index in [0.717, 1.165) is 39.7 Å². The van der Waals surface area contributed by atoms with Crippen LogP contribution in [-0.4, -0.2) is 163 Å². The van der Waals surface area contributed by atoms with Crippen molar-refractivity contribution in [3.05, 3.63) is 190 Å². The van der Waals surface area contributed by atoms with Crippen molar-refractivity contribution in [3.63, 3.8) is 0 Å². The Morgan fingerprint density at radius 3 is 1.38 bits per heavy atom. The number of azo groups is 2. The first-order valence-electron chi connectivity index (χ1n) is 34.3. The van der Waals surface area contributed by atoms with Crippen LogP contribution in [0.25, 0.3) is 22.7 Å². The average Bonchev–Trinajstić information content (AvgIpc) is 1.61. The summed E-state index contributed by atoms with van der Waals surface area (Å²) >= 11 is 0. The summed E-state index contributed by atoms with van der Waals surface area (Å²) in [5.74, 6) is -1.05. The number of nitrogens with zero attached hydrogens (tertiary/aromatic N) is 16. The number of benzene rings is 6. The van der Waals surface area contributed by atoms with Gasteiger partial charge in [-0.3, -0.25) is 28.8 Å². The van der Waals surface area contributed by atoms with Gasteiger partial charge in [0.05, 0.1) is 83.0 Å². The molecule has 0 aliphatic rings. The van der Waals surface area contributed by atoms with E-state index in [-0.39, 0.29) is 199 Å². The first kappa shape index (κ1) is 105. The molecule has 45 nitrogen and oxygen atoms in total. The van der Waals surface area contributed by atoms with Gasteiger partial charge in [-0.25, -0.2) is 57.8 Å². The standard InChI is InChI=1S/2C35H34N10O11S3.3H3N.3Na/c1-20-26(19-36)32(44(40-20)27-18-25(58(50,51)52)14-15-28(27)59(53,54)55)39-38-30-31(35(2,3)4)42-45-33(30)37-29(41-45)9-6-16-56-23-12-10-22(11-13-23)43-57(48,49)24-8-5-7-21(17-24)34(46)47;1-20-25(19-36)32(44(41-20)26-18-23(57(47,48)49)15-16-28(26)59(53,54)55)40-39-30-31(35(2,3)4)43-45-33(30)38-29(42-45)10-7-17-56-22-13-11-21(12-14-22)37-34(46)24-8-5-6-9-27(24)58(50,51)52;;;;;;/h5,7-8,10-15,17-18,42-43H,6,9,16H2,1-4H3,(H,46,47)(H,50,51,52)(H,53,54,55);5-6,8-9,11-16,18,43H,7,10,17H2,1-4H3,(H,37,46)(H,47,48,49)(H,50,51,52)(H,53,54,55);3*1H3;;;/q;;;;;3*+1/p-3. The van der Waals surface area contributed by atoms with E-state index in [0.29, 0.717) is 84.1 Å². The predicted molar refractivity (Wildman–Crippen MR) is 424 cm³/mol. The van der Waals surface area contributed by atoms with Gasteiger partial charge in [-0.2, -0.15) is 46.8 Å². The van der Waals surface area contributed by atoms with Gasteiger partial charge in [-0.05, 0) is 142 Å². The normalized spacial score (nSPS) is 12.0. The van der Waals surface area contributed by atoms with Gasteiger partial charge in [0.2, 0.25) is 11.3 Å². The second-order valence-corrected chi connectivity index (χ2v) is 36.2. The number of aromatic amines is 2. The van der Waals surface area contributed by atoms with Crippen LogP contribution >= 0.6 is 0 Å². The van der Waals surface area contributed by atoms with Crippen LogP contribution < -0.4 is 127 Å². The number of hydrogen-bond donors (Lipinski definition) is 10. The van der Waals surface area contributed by atoms with Crippen molar-refractivity contribution in [1.82, 2.24) is 77.6 Å². The molecule has 0 unspecified atom stereocenters. The number of hydrogen-bond acceptors (Lipinski definition) is 34. The second-order valence-electron chi connectivity index (χ2n) is 27.6. The number of carboxylic acid groups (broad SMARTS) is 1. The number of carbonyl (C=O) groups excluding carboxylic acids is 1. The van der Waals surface area contributed by atoms with E-state index >= 15 is 0 Å². The molecule has 0 aliphatic carbocycles. The minimum atomic E-state index is -5.26. The summed E-state index contributed by atoms with van der Waals surface area (Å²) in [6.07, 6.45) is 1.58. The number of ether oxygens (including phenoxy) is 2. The van der Waals surface area contributed by atoms with Crippen LogP contribution in [0.3, 0.4) is 0 Å². The van der Waals surface area contributed by atoms with E-state index in [1.54, 1.807) is 24.3 Å². The molecule has 12 rings (SSSR count). The Labute approximate surface area is 775 Å². The number of aromatic carboxylic acids is 1. The van der Waals surface area contributed by atoms with E-state index in [1.165, 1.54) is 83.8 Å².